The summed E-state index contributed by atoms with van der Waals surface area (Å²) in [6.07, 6.45) is 0. The second kappa shape index (κ2) is 6.99. The molecule has 2 aromatic carbocycles. The molecule has 1 amide bonds. The molecule has 0 saturated heterocycles. The van der Waals surface area contributed by atoms with Crippen LogP contribution in [0.4, 0.5) is 15.8 Å². The van der Waals surface area contributed by atoms with E-state index in [9.17, 15) is 19.3 Å². The largest absolute Gasteiger partial charge is 0.484 e. The third kappa shape index (κ3) is 4.26. The predicted octanol–water partition coefficient (Wildman–Crippen LogP) is 3.51. The highest BCUT2D eigenvalue weighted by Gasteiger charge is 2.15. The van der Waals surface area contributed by atoms with Crippen LogP contribution in [-0.2, 0) is 4.79 Å². The van der Waals surface area contributed by atoms with Crippen molar-refractivity contribution in [2.45, 2.75) is 0 Å². The molecule has 0 unspecified atom stereocenters. The van der Waals surface area contributed by atoms with E-state index in [1.807, 2.05) is 6.07 Å². The molecule has 1 N–H and O–H groups in total. The van der Waals surface area contributed by atoms with Gasteiger partial charge in [0.2, 0.25) is 5.82 Å². The van der Waals surface area contributed by atoms with Crippen LogP contribution in [-0.4, -0.2) is 17.4 Å². The number of nitro benzene ring substituents is 1. The van der Waals surface area contributed by atoms with Gasteiger partial charge in [-0.25, -0.2) is 0 Å². The Morgan fingerprint density at radius 3 is 2.77 bits per heavy atom. The maximum atomic E-state index is 13.2. The Balaban J connectivity index is 1.97. The SMILES string of the molecule is O=C(COc1cccc(Br)c1)Nc1ccc(F)c([N+](=O)[O-])c1. The van der Waals surface area contributed by atoms with Gasteiger partial charge in [0, 0.05) is 16.2 Å². The Bertz CT molecular complexity index is 724. The summed E-state index contributed by atoms with van der Waals surface area (Å²) in [6.45, 7) is -0.276. The number of nitro groups is 1. The molecule has 0 spiro atoms. The number of hydrogen-bond acceptors (Lipinski definition) is 4. The quantitative estimate of drug-likeness (QED) is 0.646. The highest BCUT2D eigenvalue weighted by atomic mass is 79.9. The first-order chi connectivity index (χ1) is 10.5. The van der Waals surface area contributed by atoms with Crippen LogP contribution in [0.5, 0.6) is 5.75 Å². The van der Waals surface area contributed by atoms with Crippen LogP contribution in [0.15, 0.2) is 46.9 Å². The van der Waals surface area contributed by atoms with Crippen molar-refractivity contribution in [2.24, 2.45) is 0 Å². The number of carbonyl (C=O) groups is 1. The van der Waals surface area contributed by atoms with Gasteiger partial charge in [-0.05, 0) is 30.3 Å². The Kier molecular flexibility index (Phi) is 5.05. The number of nitrogens with zero attached hydrogens (tertiary/aromatic N) is 1. The summed E-state index contributed by atoms with van der Waals surface area (Å²) in [5.74, 6) is -0.983. The molecular weight excluding hydrogens is 359 g/mol. The first-order valence-corrected chi connectivity index (χ1v) is 6.87. The fraction of sp³-hybridized carbons (Fsp3) is 0.0714. The molecule has 8 heteroatoms. The third-order valence-electron chi connectivity index (χ3n) is 2.59. The molecule has 114 valence electrons. The van der Waals surface area contributed by atoms with Crippen LogP contribution in [0.1, 0.15) is 0 Å². The lowest BCUT2D eigenvalue weighted by Gasteiger charge is -2.08. The van der Waals surface area contributed by atoms with E-state index in [0.717, 1.165) is 16.6 Å². The molecule has 0 aliphatic rings. The van der Waals surface area contributed by atoms with E-state index in [1.165, 1.54) is 6.07 Å². The van der Waals surface area contributed by atoms with Gasteiger partial charge in [0.15, 0.2) is 6.61 Å². The second-order valence-corrected chi connectivity index (χ2v) is 5.13. The van der Waals surface area contributed by atoms with Crippen LogP contribution in [0.25, 0.3) is 0 Å². The average Bonchev–Trinajstić information content (AvgIpc) is 2.47. The fourth-order valence-electron chi connectivity index (χ4n) is 1.63. The molecule has 0 saturated carbocycles. The Hall–Kier alpha value is -2.48. The fourth-order valence-corrected chi connectivity index (χ4v) is 2.01. The van der Waals surface area contributed by atoms with E-state index in [1.54, 1.807) is 18.2 Å². The number of anilines is 1. The van der Waals surface area contributed by atoms with Gasteiger partial charge >= 0.3 is 5.69 Å². The molecule has 0 aliphatic carbocycles. The van der Waals surface area contributed by atoms with Crippen LogP contribution in [0.2, 0.25) is 0 Å². The van der Waals surface area contributed by atoms with Gasteiger partial charge < -0.3 is 10.1 Å². The lowest BCUT2D eigenvalue weighted by Crippen LogP contribution is -2.20. The van der Waals surface area contributed by atoms with Crippen LogP contribution >= 0.6 is 15.9 Å². The van der Waals surface area contributed by atoms with Crippen molar-refractivity contribution < 1.29 is 18.8 Å². The first-order valence-electron chi connectivity index (χ1n) is 6.08. The van der Waals surface area contributed by atoms with E-state index in [-0.39, 0.29) is 12.3 Å². The molecule has 0 aliphatic heterocycles. The second-order valence-electron chi connectivity index (χ2n) is 4.22. The van der Waals surface area contributed by atoms with E-state index >= 15 is 0 Å². The molecule has 0 bridgehead atoms. The summed E-state index contributed by atoms with van der Waals surface area (Å²) in [5, 5.41) is 13.0. The highest BCUT2D eigenvalue weighted by molar-refractivity contribution is 9.10. The van der Waals surface area contributed by atoms with Crippen LogP contribution < -0.4 is 10.1 Å². The summed E-state index contributed by atoms with van der Waals surface area (Å²) in [5.41, 5.74) is -0.582. The molecule has 0 atom stereocenters. The molecular formula is C14H10BrFN2O4. The van der Waals surface area contributed by atoms with Crippen molar-refractivity contribution in [1.29, 1.82) is 0 Å². The number of halogens is 2. The Labute approximate surface area is 133 Å². The van der Waals surface area contributed by atoms with Gasteiger partial charge in [-0.3, -0.25) is 14.9 Å². The number of amides is 1. The average molecular weight is 369 g/mol. The van der Waals surface area contributed by atoms with Gasteiger partial charge in [-0.1, -0.05) is 22.0 Å². The molecule has 2 rings (SSSR count). The number of ether oxygens (including phenoxy) is 1. The molecule has 0 fully saturated rings. The summed E-state index contributed by atoms with van der Waals surface area (Å²) in [4.78, 5) is 21.5. The van der Waals surface area contributed by atoms with Gasteiger partial charge in [-0.15, -0.1) is 0 Å². The van der Waals surface area contributed by atoms with Gasteiger partial charge in [0.25, 0.3) is 5.91 Å². The maximum Gasteiger partial charge on any atom is 0.306 e. The van der Waals surface area contributed by atoms with Crippen molar-refractivity contribution in [3.8, 4) is 5.75 Å². The first kappa shape index (κ1) is 15.9. The highest BCUT2D eigenvalue weighted by Crippen LogP contribution is 2.22. The number of hydrogen-bond donors (Lipinski definition) is 1. The van der Waals surface area contributed by atoms with Crippen molar-refractivity contribution in [1.82, 2.24) is 0 Å². The van der Waals surface area contributed by atoms with E-state index in [4.69, 9.17) is 4.74 Å². The topological polar surface area (TPSA) is 81.5 Å². The minimum atomic E-state index is -0.964. The molecule has 0 radical (unpaired) electrons. The minimum absolute atomic E-state index is 0.121. The molecule has 0 aromatic heterocycles. The Morgan fingerprint density at radius 2 is 2.09 bits per heavy atom. The standard InChI is InChI=1S/C14H10BrFN2O4/c15-9-2-1-3-11(6-9)22-8-14(19)17-10-4-5-12(16)13(7-10)18(20)21/h1-7H,8H2,(H,17,19). The summed E-state index contributed by atoms with van der Waals surface area (Å²) in [7, 11) is 0. The van der Waals surface area contributed by atoms with Crippen molar-refractivity contribution >= 4 is 33.2 Å². The number of nitrogens with one attached hydrogen (secondary N) is 1. The number of rotatable bonds is 5. The number of carbonyl (C=O) groups excluding carboxylic acids is 1. The van der Waals surface area contributed by atoms with Crippen molar-refractivity contribution in [3.63, 3.8) is 0 Å². The zero-order valence-corrected chi connectivity index (χ0v) is 12.7. The summed E-state index contributed by atoms with van der Waals surface area (Å²) in [6, 6.07) is 10.0. The predicted molar refractivity (Wildman–Crippen MR) is 81.3 cm³/mol. The summed E-state index contributed by atoms with van der Waals surface area (Å²) < 4.78 is 19.3. The molecule has 6 nitrogen and oxygen atoms in total. The van der Waals surface area contributed by atoms with Crippen LogP contribution in [0.3, 0.4) is 0 Å². The lowest BCUT2D eigenvalue weighted by atomic mass is 10.2. The van der Waals surface area contributed by atoms with E-state index in [0.29, 0.717) is 5.75 Å². The normalized spacial score (nSPS) is 10.1. The zero-order valence-electron chi connectivity index (χ0n) is 11.1. The van der Waals surface area contributed by atoms with Crippen LogP contribution in [0, 0.1) is 15.9 Å². The smallest absolute Gasteiger partial charge is 0.306 e. The van der Waals surface area contributed by atoms with Gasteiger partial charge in [0.05, 0.1) is 4.92 Å². The van der Waals surface area contributed by atoms with E-state index < -0.39 is 22.3 Å². The monoisotopic (exact) mass is 368 g/mol. The Morgan fingerprint density at radius 1 is 1.32 bits per heavy atom. The summed E-state index contributed by atoms with van der Waals surface area (Å²) >= 11 is 3.27. The molecule has 0 heterocycles. The van der Waals surface area contributed by atoms with Gasteiger partial charge in [0.1, 0.15) is 5.75 Å². The van der Waals surface area contributed by atoms with Gasteiger partial charge in [-0.2, -0.15) is 4.39 Å². The third-order valence-corrected chi connectivity index (χ3v) is 3.09. The zero-order chi connectivity index (χ0) is 16.1. The van der Waals surface area contributed by atoms with Crippen molar-refractivity contribution in [3.05, 3.63) is 62.9 Å². The van der Waals surface area contributed by atoms with E-state index in [2.05, 4.69) is 21.2 Å². The molecule has 22 heavy (non-hydrogen) atoms. The van der Waals surface area contributed by atoms with Crippen molar-refractivity contribution in [2.75, 3.05) is 11.9 Å². The maximum absolute atomic E-state index is 13.2. The lowest BCUT2D eigenvalue weighted by molar-refractivity contribution is -0.387. The minimum Gasteiger partial charge on any atom is -0.484 e. The number of benzene rings is 2. The molecule has 2 aromatic rings.